The fourth-order valence-electron chi connectivity index (χ4n) is 3.22. The maximum absolute atomic E-state index is 12.8. The summed E-state index contributed by atoms with van der Waals surface area (Å²) >= 11 is 6.37. The van der Waals surface area contributed by atoms with Crippen LogP contribution in [0, 0.1) is 6.92 Å². The van der Waals surface area contributed by atoms with Crippen LogP contribution in [0.5, 0.6) is 5.75 Å². The number of phenols is 1. The highest BCUT2D eigenvalue weighted by Crippen LogP contribution is 2.41. The van der Waals surface area contributed by atoms with E-state index in [-0.39, 0.29) is 16.3 Å². The van der Waals surface area contributed by atoms with Gasteiger partial charge in [0.2, 0.25) is 0 Å². The van der Waals surface area contributed by atoms with Crippen molar-refractivity contribution in [1.29, 1.82) is 0 Å². The molecule has 1 aliphatic rings. The van der Waals surface area contributed by atoms with E-state index in [4.69, 9.17) is 11.6 Å². The van der Waals surface area contributed by atoms with Crippen molar-refractivity contribution in [2.24, 2.45) is 4.99 Å². The highest BCUT2D eigenvalue weighted by Gasteiger charge is 2.46. The molecular weight excluding hydrogens is 441 g/mol. The van der Waals surface area contributed by atoms with E-state index < -0.39 is 31.8 Å². The Balaban J connectivity index is 2.15. The van der Waals surface area contributed by atoms with Gasteiger partial charge in [-0.3, -0.25) is 4.99 Å². The summed E-state index contributed by atoms with van der Waals surface area (Å²) in [5.74, 6) is 0.0266. The van der Waals surface area contributed by atoms with Gasteiger partial charge in [0, 0.05) is 27.6 Å². The third-order valence-corrected chi connectivity index (χ3v) is 6.78. The van der Waals surface area contributed by atoms with Crippen molar-refractivity contribution in [3.05, 3.63) is 56.6 Å². The van der Waals surface area contributed by atoms with Crippen LogP contribution in [0.15, 0.2) is 34.2 Å². The Hall–Kier alpha value is -2.26. The topological polar surface area (TPSA) is 78.8 Å². The summed E-state index contributed by atoms with van der Waals surface area (Å²) in [5, 5.41) is 14.7. The highest BCUT2D eigenvalue weighted by atomic mass is 35.5. The lowest BCUT2D eigenvalue weighted by Gasteiger charge is -2.27. The maximum atomic E-state index is 12.8. The molecule has 1 aliphatic heterocycles. The zero-order chi connectivity index (χ0) is 22.6. The first kappa shape index (κ1) is 22.4. The minimum atomic E-state index is -5.46. The molecule has 0 amide bonds. The van der Waals surface area contributed by atoms with Crippen LogP contribution in [0.3, 0.4) is 0 Å². The molecule has 0 saturated carbocycles. The summed E-state index contributed by atoms with van der Waals surface area (Å²) in [5.41, 5.74) is -4.11. The molecule has 30 heavy (non-hydrogen) atoms. The molecule has 2 N–H and O–H groups in total. The molecule has 2 aromatic rings. The van der Waals surface area contributed by atoms with Crippen LogP contribution < -0.4 is 15.9 Å². The molecule has 0 fully saturated rings. The molecule has 1 heterocycles. The average molecular weight is 461 g/mol. The molecule has 3 rings (SSSR count). The van der Waals surface area contributed by atoms with Gasteiger partial charge in [-0.05, 0) is 42.2 Å². The summed E-state index contributed by atoms with van der Waals surface area (Å²) < 4.78 is 61.7. The Bertz CT molecular complexity index is 1250. The number of alkyl halides is 3. The summed E-state index contributed by atoms with van der Waals surface area (Å²) in [6, 6.07) is 4.69. The lowest BCUT2D eigenvalue weighted by Crippen LogP contribution is -2.36. The van der Waals surface area contributed by atoms with Crippen molar-refractivity contribution >= 4 is 27.6 Å². The summed E-state index contributed by atoms with van der Waals surface area (Å²) in [7, 11) is -5.46. The van der Waals surface area contributed by atoms with E-state index in [2.05, 4.69) is 10.3 Å². The predicted octanol–water partition coefficient (Wildman–Crippen LogP) is 3.60. The number of hydrogen-bond acceptors (Lipinski definition) is 5. The van der Waals surface area contributed by atoms with Crippen molar-refractivity contribution in [2.75, 3.05) is 0 Å². The zero-order valence-corrected chi connectivity index (χ0v) is 18.2. The summed E-state index contributed by atoms with van der Waals surface area (Å²) in [6.45, 7) is 7.50. The minimum Gasteiger partial charge on any atom is -0.507 e. The third-order valence-electron chi connectivity index (χ3n) is 4.90. The predicted molar refractivity (Wildman–Crippen MR) is 107 cm³/mol. The SMILES string of the molecule is Cc1c(Cl)cc(C(C)(C)C)c(O)c1C1N=c2ccc(S(=O)(=O)C(F)(F)F)cc2=CN1. The number of benzene rings is 2. The van der Waals surface area contributed by atoms with E-state index in [1.807, 2.05) is 20.8 Å². The standard InChI is InChI=1S/C20H20ClF3N2O3S/c1-10-14(21)8-13(19(2,3)4)17(27)16(10)18-25-9-11-7-12(5-6-15(11)26-18)30(28,29)20(22,23)24/h5-9,18,25,27H,1-4H3. The lowest BCUT2D eigenvalue weighted by atomic mass is 9.83. The smallest absolute Gasteiger partial charge is 0.501 e. The van der Waals surface area contributed by atoms with E-state index in [0.717, 1.165) is 12.1 Å². The van der Waals surface area contributed by atoms with Gasteiger partial charge in [-0.15, -0.1) is 0 Å². The monoisotopic (exact) mass is 460 g/mol. The molecule has 1 atom stereocenters. The van der Waals surface area contributed by atoms with E-state index in [1.54, 1.807) is 13.0 Å². The van der Waals surface area contributed by atoms with E-state index in [0.29, 0.717) is 21.7 Å². The molecule has 162 valence electrons. The maximum Gasteiger partial charge on any atom is 0.501 e. The first-order valence-electron chi connectivity index (χ1n) is 8.92. The minimum absolute atomic E-state index is 0.0266. The summed E-state index contributed by atoms with van der Waals surface area (Å²) in [4.78, 5) is 3.59. The number of nitrogens with zero attached hydrogens (tertiary/aromatic N) is 1. The molecule has 1 unspecified atom stereocenters. The molecule has 0 aliphatic carbocycles. The molecule has 5 nitrogen and oxygen atoms in total. The van der Waals surface area contributed by atoms with Crippen molar-refractivity contribution in [1.82, 2.24) is 5.32 Å². The fraction of sp³-hybridized carbons (Fsp3) is 0.350. The number of aromatic hydroxyl groups is 1. The van der Waals surface area contributed by atoms with Gasteiger partial charge in [0.25, 0.3) is 9.84 Å². The Kier molecular flexibility index (Phi) is 5.35. The van der Waals surface area contributed by atoms with Gasteiger partial charge in [-0.2, -0.15) is 13.2 Å². The quantitative estimate of drug-likeness (QED) is 0.717. The molecule has 0 saturated heterocycles. The lowest BCUT2D eigenvalue weighted by molar-refractivity contribution is -0.0436. The number of hydrogen-bond donors (Lipinski definition) is 2. The number of sulfone groups is 1. The normalized spacial score (nSPS) is 16.9. The van der Waals surface area contributed by atoms with Crippen LogP contribution in [0.25, 0.3) is 6.20 Å². The third kappa shape index (κ3) is 3.76. The number of nitrogens with one attached hydrogen (secondary N) is 1. The summed E-state index contributed by atoms with van der Waals surface area (Å²) in [6.07, 6.45) is 0.626. The second-order valence-corrected chi connectivity index (χ2v) is 10.4. The van der Waals surface area contributed by atoms with E-state index in [1.165, 1.54) is 12.3 Å². The van der Waals surface area contributed by atoms with E-state index >= 15 is 0 Å². The highest BCUT2D eigenvalue weighted by molar-refractivity contribution is 7.92. The first-order chi connectivity index (χ1) is 13.6. The Morgan fingerprint density at radius 1 is 1.17 bits per heavy atom. The largest absolute Gasteiger partial charge is 0.507 e. The number of rotatable bonds is 2. The molecule has 2 aromatic carbocycles. The van der Waals surface area contributed by atoms with E-state index in [9.17, 15) is 26.7 Å². The van der Waals surface area contributed by atoms with Crippen molar-refractivity contribution < 1.29 is 26.7 Å². The molecule has 10 heteroatoms. The number of fused-ring (bicyclic) bond motifs is 1. The first-order valence-corrected chi connectivity index (χ1v) is 10.8. The van der Waals surface area contributed by atoms with Gasteiger partial charge in [-0.25, -0.2) is 8.42 Å². The van der Waals surface area contributed by atoms with Crippen molar-refractivity contribution in [2.45, 2.75) is 49.7 Å². The van der Waals surface area contributed by atoms with Gasteiger partial charge >= 0.3 is 5.51 Å². The Morgan fingerprint density at radius 3 is 2.37 bits per heavy atom. The van der Waals surface area contributed by atoms with Crippen LogP contribution in [0.1, 0.15) is 43.6 Å². The van der Waals surface area contributed by atoms with Crippen LogP contribution in [-0.2, 0) is 15.3 Å². The Morgan fingerprint density at radius 2 is 1.80 bits per heavy atom. The van der Waals surface area contributed by atoms with Gasteiger partial charge < -0.3 is 10.4 Å². The molecular formula is C20H20ClF3N2O3S. The van der Waals surface area contributed by atoms with Gasteiger partial charge in [0.1, 0.15) is 11.9 Å². The average Bonchev–Trinajstić information content (AvgIpc) is 2.62. The fourth-order valence-corrected chi connectivity index (χ4v) is 4.23. The Labute approximate surface area is 176 Å². The second kappa shape index (κ2) is 7.16. The van der Waals surface area contributed by atoms with Crippen LogP contribution in [-0.4, -0.2) is 19.0 Å². The van der Waals surface area contributed by atoms with Crippen LogP contribution in [0.2, 0.25) is 5.02 Å². The molecule has 0 bridgehead atoms. The van der Waals surface area contributed by atoms with Gasteiger partial charge in [0.05, 0.1) is 10.3 Å². The second-order valence-electron chi connectivity index (χ2n) is 8.06. The van der Waals surface area contributed by atoms with Crippen molar-refractivity contribution in [3.8, 4) is 5.75 Å². The molecule has 0 spiro atoms. The molecule has 0 aromatic heterocycles. The van der Waals surface area contributed by atoms with Gasteiger partial charge in [0.15, 0.2) is 0 Å². The zero-order valence-electron chi connectivity index (χ0n) is 16.6. The van der Waals surface area contributed by atoms with Gasteiger partial charge in [-0.1, -0.05) is 32.4 Å². The number of phenolic OH excluding ortho intramolecular Hbond substituents is 1. The van der Waals surface area contributed by atoms with Crippen molar-refractivity contribution in [3.63, 3.8) is 0 Å². The van der Waals surface area contributed by atoms with Crippen LogP contribution in [0.4, 0.5) is 13.2 Å². The number of halogens is 4. The van der Waals surface area contributed by atoms with Crippen LogP contribution >= 0.6 is 11.6 Å². The molecule has 0 radical (unpaired) electrons.